The lowest BCUT2D eigenvalue weighted by molar-refractivity contribution is -0.132. The molecule has 1 unspecified atom stereocenters. The molecule has 2 aliphatic heterocycles. The Balaban J connectivity index is 1.79. The van der Waals surface area contributed by atoms with Crippen LogP contribution in [0, 0.1) is 0 Å². The number of hydrogen-bond acceptors (Lipinski definition) is 5. The number of ether oxygens (including phenoxy) is 1. The zero-order valence-corrected chi connectivity index (χ0v) is 12.6. The molecule has 6 heteroatoms. The van der Waals surface area contributed by atoms with Crippen molar-refractivity contribution in [2.24, 2.45) is 0 Å². The van der Waals surface area contributed by atoms with Crippen LogP contribution < -0.4 is 5.32 Å². The van der Waals surface area contributed by atoms with E-state index in [-0.39, 0.29) is 6.04 Å². The van der Waals surface area contributed by atoms with Gasteiger partial charge in [0.2, 0.25) is 5.91 Å². The maximum atomic E-state index is 12.4. The lowest BCUT2D eigenvalue weighted by Gasteiger charge is -2.29. The summed E-state index contributed by atoms with van der Waals surface area (Å²) in [6.07, 6.45) is 1.06. The van der Waals surface area contributed by atoms with Crippen LogP contribution in [0.4, 0.5) is 0 Å². The van der Waals surface area contributed by atoms with Crippen molar-refractivity contribution in [2.45, 2.75) is 12.5 Å². The van der Waals surface area contributed by atoms with Crippen LogP contribution in [0.3, 0.4) is 0 Å². The van der Waals surface area contributed by atoms with Crippen molar-refractivity contribution in [3.63, 3.8) is 0 Å². The molecule has 2 fully saturated rings. The quantitative estimate of drug-likeness (QED) is 0.780. The second-order valence-corrected chi connectivity index (χ2v) is 6.24. The van der Waals surface area contributed by atoms with E-state index in [1.807, 2.05) is 16.7 Å². The maximum absolute atomic E-state index is 12.4. The predicted octanol–water partition coefficient (Wildman–Crippen LogP) is -0.128. The molecular formula is C13H25N3O2S. The zero-order valence-electron chi connectivity index (χ0n) is 11.8. The standard InChI is InChI=1S/C13H25N3O2S/c1-18-9-8-15-4-2-5-16(7-6-15)13(17)12-11-19-10-3-14-12/h12,14H,2-11H2,1H3. The molecule has 2 aliphatic rings. The van der Waals surface area contributed by atoms with Gasteiger partial charge in [0, 0.05) is 51.3 Å². The average molecular weight is 287 g/mol. The fourth-order valence-electron chi connectivity index (χ4n) is 2.58. The molecule has 2 heterocycles. The van der Waals surface area contributed by atoms with Crippen molar-refractivity contribution in [1.29, 1.82) is 0 Å². The summed E-state index contributed by atoms with van der Waals surface area (Å²) in [5.41, 5.74) is 0. The van der Waals surface area contributed by atoms with Crippen molar-refractivity contribution >= 4 is 17.7 Å². The molecule has 0 saturated carbocycles. The van der Waals surface area contributed by atoms with E-state index in [2.05, 4.69) is 10.2 Å². The minimum atomic E-state index is 0.0317. The molecule has 0 aromatic rings. The van der Waals surface area contributed by atoms with Gasteiger partial charge in [-0.05, 0) is 13.0 Å². The van der Waals surface area contributed by atoms with Crippen LogP contribution >= 0.6 is 11.8 Å². The molecule has 0 aromatic carbocycles. The number of carbonyl (C=O) groups is 1. The molecule has 1 amide bonds. The van der Waals surface area contributed by atoms with Crippen LogP contribution in [0.2, 0.25) is 0 Å². The lowest BCUT2D eigenvalue weighted by atomic mass is 10.2. The number of amides is 1. The van der Waals surface area contributed by atoms with E-state index < -0.39 is 0 Å². The summed E-state index contributed by atoms with van der Waals surface area (Å²) >= 11 is 1.88. The number of rotatable bonds is 4. The van der Waals surface area contributed by atoms with Gasteiger partial charge in [-0.1, -0.05) is 0 Å². The second kappa shape index (κ2) is 8.09. The normalized spacial score (nSPS) is 26.2. The van der Waals surface area contributed by atoms with Crippen molar-refractivity contribution in [2.75, 3.05) is 64.5 Å². The fourth-order valence-corrected chi connectivity index (χ4v) is 3.50. The first-order valence-corrected chi connectivity index (χ1v) is 8.28. The minimum Gasteiger partial charge on any atom is -0.383 e. The van der Waals surface area contributed by atoms with Crippen LogP contribution in [-0.4, -0.2) is 86.2 Å². The molecule has 0 bridgehead atoms. The molecule has 0 radical (unpaired) electrons. The fraction of sp³-hybridized carbons (Fsp3) is 0.923. The summed E-state index contributed by atoms with van der Waals surface area (Å²) in [7, 11) is 1.74. The summed E-state index contributed by atoms with van der Waals surface area (Å²) < 4.78 is 5.12. The monoisotopic (exact) mass is 287 g/mol. The van der Waals surface area contributed by atoms with Gasteiger partial charge in [-0.15, -0.1) is 0 Å². The van der Waals surface area contributed by atoms with Crippen LogP contribution in [0.15, 0.2) is 0 Å². The van der Waals surface area contributed by atoms with Gasteiger partial charge in [0.05, 0.1) is 12.6 Å². The Morgan fingerprint density at radius 1 is 1.37 bits per heavy atom. The van der Waals surface area contributed by atoms with Gasteiger partial charge >= 0.3 is 0 Å². The largest absolute Gasteiger partial charge is 0.383 e. The topological polar surface area (TPSA) is 44.8 Å². The van der Waals surface area contributed by atoms with Gasteiger partial charge in [-0.2, -0.15) is 11.8 Å². The van der Waals surface area contributed by atoms with Crippen molar-refractivity contribution in [1.82, 2.24) is 15.1 Å². The molecular weight excluding hydrogens is 262 g/mol. The molecule has 0 aliphatic carbocycles. The Morgan fingerprint density at radius 3 is 3.00 bits per heavy atom. The molecule has 19 heavy (non-hydrogen) atoms. The molecule has 110 valence electrons. The van der Waals surface area contributed by atoms with Gasteiger partial charge in [0.15, 0.2) is 0 Å². The second-order valence-electron chi connectivity index (χ2n) is 5.09. The molecule has 2 saturated heterocycles. The highest BCUT2D eigenvalue weighted by molar-refractivity contribution is 7.99. The first-order chi connectivity index (χ1) is 9.31. The van der Waals surface area contributed by atoms with Gasteiger partial charge in [-0.3, -0.25) is 9.69 Å². The lowest BCUT2D eigenvalue weighted by Crippen LogP contribution is -2.51. The van der Waals surface area contributed by atoms with E-state index in [4.69, 9.17) is 4.74 Å². The maximum Gasteiger partial charge on any atom is 0.240 e. The summed E-state index contributed by atoms with van der Waals surface area (Å²) in [6, 6.07) is 0.0317. The van der Waals surface area contributed by atoms with E-state index in [0.717, 1.165) is 63.8 Å². The van der Waals surface area contributed by atoms with Crippen LogP contribution in [0.25, 0.3) is 0 Å². The molecule has 1 N–H and O–H groups in total. The highest BCUT2D eigenvalue weighted by Gasteiger charge is 2.27. The smallest absolute Gasteiger partial charge is 0.240 e. The summed E-state index contributed by atoms with van der Waals surface area (Å²) in [5.74, 6) is 2.33. The van der Waals surface area contributed by atoms with Gasteiger partial charge in [0.1, 0.15) is 0 Å². The molecule has 2 rings (SSSR count). The van der Waals surface area contributed by atoms with E-state index in [1.165, 1.54) is 0 Å². The Morgan fingerprint density at radius 2 is 2.26 bits per heavy atom. The van der Waals surface area contributed by atoms with E-state index >= 15 is 0 Å². The van der Waals surface area contributed by atoms with Crippen molar-refractivity contribution in [3.8, 4) is 0 Å². The average Bonchev–Trinajstić information content (AvgIpc) is 2.71. The summed E-state index contributed by atoms with van der Waals surface area (Å²) in [5, 5.41) is 3.34. The Bertz CT molecular complexity index is 285. The van der Waals surface area contributed by atoms with Crippen LogP contribution in [-0.2, 0) is 9.53 Å². The molecule has 1 atom stereocenters. The summed E-state index contributed by atoms with van der Waals surface area (Å²) in [4.78, 5) is 16.9. The predicted molar refractivity (Wildman–Crippen MR) is 78.6 cm³/mol. The highest BCUT2D eigenvalue weighted by Crippen LogP contribution is 2.12. The van der Waals surface area contributed by atoms with E-state index in [0.29, 0.717) is 5.91 Å². The van der Waals surface area contributed by atoms with Crippen molar-refractivity contribution < 1.29 is 9.53 Å². The van der Waals surface area contributed by atoms with Crippen LogP contribution in [0.1, 0.15) is 6.42 Å². The summed E-state index contributed by atoms with van der Waals surface area (Å²) in [6.45, 7) is 6.48. The minimum absolute atomic E-state index is 0.0317. The first-order valence-electron chi connectivity index (χ1n) is 7.12. The third-order valence-corrected chi connectivity index (χ3v) is 4.79. The van der Waals surface area contributed by atoms with Gasteiger partial charge in [-0.25, -0.2) is 0 Å². The molecule has 5 nitrogen and oxygen atoms in total. The first kappa shape index (κ1) is 15.1. The van der Waals surface area contributed by atoms with Gasteiger partial charge in [0.25, 0.3) is 0 Å². The number of carbonyl (C=O) groups excluding carboxylic acids is 1. The number of nitrogens with one attached hydrogen (secondary N) is 1. The molecule has 0 aromatic heterocycles. The molecule has 0 spiro atoms. The zero-order chi connectivity index (χ0) is 13.5. The highest BCUT2D eigenvalue weighted by atomic mass is 32.2. The Hall–Kier alpha value is -0.300. The number of methoxy groups -OCH3 is 1. The van der Waals surface area contributed by atoms with Crippen molar-refractivity contribution in [3.05, 3.63) is 0 Å². The van der Waals surface area contributed by atoms with Crippen LogP contribution in [0.5, 0.6) is 0 Å². The third kappa shape index (κ3) is 4.63. The van der Waals surface area contributed by atoms with E-state index in [1.54, 1.807) is 7.11 Å². The van der Waals surface area contributed by atoms with Gasteiger partial charge < -0.3 is 15.0 Å². The third-order valence-electron chi connectivity index (χ3n) is 3.73. The van der Waals surface area contributed by atoms with E-state index in [9.17, 15) is 4.79 Å². The number of hydrogen-bond donors (Lipinski definition) is 1. The number of nitrogens with zero attached hydrogens (tertiary/aromatic N) is 2. The Labute approximate surface area is 120 Å². The SMILES string of the molecule is COCCN1CCCN(C(=O)C2CSCCN2)CC1. The Kier molecular flexibility index (Phi) is 6.43. The number of thioether (sulfide) groups is 1.